The minimum absolute atomic E-state index is 0.0205. The van der Waals surface area contributed by atoms with Crippen LogP contribution in [0.5, 0.6) is 5.75 Å². The summed E-state index contributed by atoms with van der Waals surface area (Å²) in [6.45, 7) is 0.655. The van der Waals surface area contributed by atoms with Crippen molar-refractivity contribution in [1.82, 2.24) is 0 Å². The average molecular weight is 386 g/mol. The van der Waals surface area contributed by atoms with Crippen LogP contribution in [0.25, 0.3) is 0 Å². The van der Waals surface area contributed by atoms with Crippen LogP contribution in [0.1, 0.15) is 47.5 Å². The molecule has 3 rings (SSSR count). The van der Waals surface area contributed by atoms with Crippen molar-refractivity contribution >= 4 is 5.97 Å². The van der Waals surface area contributed by atoms with Crippen LogP contribution >= 0.6 is 0 Å². The summed E-state index contributed by atoms with van der Waals surface area (Å²) < 4.78 is 36.3. The van der Waals surface area contributed by atoms with Gasteiger partial charge in [-0.15, -0.1) is 0 Å². The number of benzene rings is 2. The molecular formula is C23H24F2O3. The Hall–Kier alpha value is -2.53. The number of hydrogen-bond acceptors (Lipinski definition) is 3. The third-order valence-corrected chi connectivity index (χ3v) is 5.16. The minimum atomic E-state index is -1.05. The summed E-state index contributed by atoms with van der Waals surface area (Å²) in [5.74, 6) is -1.54. The number of carbonyl (C=O) groups excluding carboxylic acids is 1. The van der Waals surface area contributed by atoms with Crippen LogP contribution < -0.4 is 4.74 Å². The molecule has 1 saturated carbocycles. The third-order valence-electron chi connectivity index (χ3n) is 5.16. The zero-order valence-corrected chi connectivity index (χ0v) is 15.9. The highest BCUT2D eigenvalue weighted by Crippen LogP contribution is 2.36. The number of esters is 1. The molecule has 0 radical (unpaired) electrons. The van der Waals surface area contributed by atoms with Gasteiger partial charge in [-0.25, -0.2) is 13.6 Å². The van der Waals surface area contributed by atoms with Crippen LogP contribution in [-0.4, -0.2) is 19.7 Å². The molecular weight excluding hydrogens is 362 g/mol. The first-order chi connectivity index (χ1) is 13.6. The van der Waals surface area contributed by atoms with Crippen molar-refractivity contribution in [3.8, 4) is 5.75 Å². The maximum absolute atomic E-state index is 13.2. The van der Waals surface area contributed by atoms with Gasteiger partial charge in [-0.05, 0) is 67.3 Å². The number of hydrogen-bond donors (Lipinski definition) is 0. The number of rotatable bonds is 6. The first-order valence-corrected chi connectivity index (χ1v) is 9.49. The second kappa shape index (κ2) is 9.60. The quantitative estimate of drug-likeness (QED) is 0.365. The van der Waals surface area contributed by atoms with E-state index in [0.29, 0.717) is 24.0 Å². The summed E-state index contributed by atoms with van der Waals surface area (Å²) in [4.78, 5) is 12.2. The fourth-order valence-corrected chi connectivity index (χ4v) is 3.59. The number of carbonyl (C=O) groups is 1. The zero-order chi connectivity index (χ0) is 19.9. The monoisotopic (exact) mass is 386 g/mol. The van der Waals surface area contributed by atoms with Crippen molar-refractivity contribution in [2.75, 3.05) is 13.7 Å². The fourth-order valence-electron chi connectivity index (χ4n) is 3.59. The van der Waals surface area contributed by atoms with Crippen LogP contribution in [0.4, 0.5) is 8.78 Å². The Labute approximate surface area is 164 Å². The Bertz CT molecular complexity index is 822. The topological polar surface area (TPSA) is 35.5 Å². The summed E-state index contributed by atoms with van der Waals surface area (Å²) in [7, 11) is 1.69. The maximum atomic E-state index is 13.2. The maximum Gasteiger partial charge on any atom is 0.343 e. The molecule has 0 heterocycles. The molecule has 5 heteroatoms. The molecule has 0 unspecified atom stereocenters. The molecule has 0 saturated heterocycles. The van der Waals surface area contributed by atoms with E-state index in [-0.39, 0.29) is 5.75 Å². The van der Waals surface area contributed by atoms with Crippen molar-refractivity contribution in [3.63, 3.8) is 0 Å². The number of ether oxygens (including phenoxy) is 2. The van der Waals surface area contributed by atoms with Gasteiger partial charge in [0.15, 0.2) is 11.6 Å². The van der Waals surface area contributed by atoms with Crippen molar-refractivity contribution in [2.45, 2.75) is 31.6 Å². The van der Waals surface area contributed by atoms with Crippen LogP contribution in [0.15, 0.2) is 54.6 Å². The van der Waals surface area contributed by atoms with Gasteiger partial charge in [-0.1, -0.05) is 24.3 Å². The van der Waals surface area contributed by atoms with Gasteiger partial charge in [0, 0.05) is 13.2 Å². The van der Waals surface area contributed by atoms with E-state index in [2.05, 4.69) is 12.2 Å². The van der Waals surface area contributed by atoms with E-state index in [1.165, 1.54) is 11.6 Å². The van der Waals surface area contributed by atoms with E-state index in [1.807, 2.05) is 12.1 Å². The summed E-state index contributed by atoms with van der Waals surface area (Å²) in [6.07, 6.45) is 8.84. The van der Waals surface area contributed by atoms with Gasteiger partial charge in [0.25, 0.3) is 0 Å². The molecule has 1 aliphatic rings. The molecule has 0 atom stereocenters. The smallest absolute Gasteiger partial charge is 0.343 e. The Kier molecular flexibility index (Phi) is 6.93. The molecule has 0 amide bonds. The number of allylic oxidation sites excluding steroid dienone is 1. The van der Waals surface area contributed by atoms with Gasteiger partial charge in [0.2, 0.25) is 0 Å². The van der Waals surface area contributed by atoms with Gasteiger partial charge in [0.1, 0.15) is 5.75 Å². The standard InChI is InChI=1S/C23H24F2O3/c1-27-14-2-3-16-4-6-17(7-5-16)18-8-10-19(11-9-18)23(26)28-20-12-13-21(24)22(25)15-20/h2-3,8-13,15-17H,4-7,14H2,1H3. The lowest BCUT2D eigenvalue weighted by molar-refractivity contribution is 0.0734. The summed E-state index contributed by atoms with van der Waals surface area (Å²) in [5, 5.41) is 0. The van der Waals surface area contributed by atoms with Crippen LogP contribution in [-0.2, 0) is 4.74 Å². The van der Waals surface area contributed by atoms with Gasteiger partial charge < -0.3 is 9.47 Å². The summed E-state index contributed by atoms with van der Waals surface area (Å²) in [5.41, 5.74) is 1.59. The Morgan fingerprint density at radius 2 is 1.75 bits per heavy atom. The first kappa shape index (κ1) is 20.2. The van der Waals surface area contributed by atoms with E-state index >= 15 is 0 Å². The van der Waals surface area contributed by atoms with Crippen LogP contribution in [0.3, 0.4) is 0 Å². The number of methoxy groups -OCH3 is 1. The lowest BCUT2D eigenvalue weighted by Crippen LogP contribution is -2.13. The molecule has 2 aromatic carbocycles. The molecule has 148 valence electrons. The normalized spacial score (nSPS) is 19.7. The Morgan fingerprint density at radius 3 is 2.39 bits per heavy atom. The van der Waals surface area contributed by atoms with Crippen molar-refractivity contribution in [2.24, 2.45) is 5.92 Å². The van der Waals surface area contributed by atoms with Crippen LogP contribution in [0.2, 0.25) is 0 Å². The van der Waals surface area contributed by atoms with E-state index in [9.17, 15) is 13.6 Å². The molecule has 0 spiro atoms. The molecule has 0 bridgehead atoms. The van der Waals surface area contributed by atoms with E-state index < -0.39 is 17.6 Å². The summed E-state index contributed by atoms with van der Waals surface area (Å²) >= 11 is 0. The van der Waals surface area contributed by atoms with Crippen molar-refractivity contribution in [1.29, 1.82) is 0 Å². The highest BCUT2D eigenvalue weighted by molar-refractivity contribution is 5.91. The number of halogens is 2. The van der Waals surface area contributed by atoms with E-state index in [4.69, 9.17) is 9.47 Å². The SMILES string of the molecule is COCC=CC1CCC(c2ccc(C(=O)Oc3ccc(F)c(F)c3)cc2)CC1. The molecule has 3 nitrogen and oxygen atoms in total. The van der Waals surface area contributed by atoms with Gasteiger partial charge in [-0.2, -0.15) is 0 Å². The molecule has 0 N–H and O–H groups in total. The molecule has 0 aliphatic heterocycles. The van der Waals surface area contributed by atoms with E-state index in [0.717, 1.165) is 37.8 Å². The summed E-state index contributed by atoms with van der Waals surface area (Å²) in [6, 6.07) is 10.4. The highest BCUT2D eigenvalue weighted by Gasteiger charge is 2.21. The minimum Gasteiger partial charge on any atom is -0.423 e. The molecule has 0 aromatic heterocycles. The van der Waals surface area contributed by atoms with Gasteiger partial charge in [0.05, 0.1) is 12.2 Å². The van der Waals surface area contributed by atoms with Gasteiger partial charge in [-0.3, -0.25) is 0 Å². The largest absolute Gasteiger partial charge is 0.423 e. The Balaban J connectivity index is 1.56. The lowest BCUT2D eigenvalue weighted by atomic mass is 9.78. The van der Waals surface area contributed by atoms with Gasteiger partial charge >= 0.3 is 5.97 Å². The van der Waals surface area contributed by atoms with Crippen LogP contribution in [0, 0.1) is 17.6 Å². The average Bonchev–Trinajstić information content (AvgIpc) is 2.72. The Morgan fingerprint density at radius 1 is 1.04 bits per heavy atom. The second-order valence-corrected chi connectivity index (χ2v) is 7.08. The molecule has 28 heavy (non-hydrogen) atoms. The predicted octanol–water partition coefficient (Wildman–Crippen LogP) is 5.66. The molecule has 2 aromatic rings. The molecule has 1 fully saturated rings. The zero-order valence-electron chi connectivity index (χ0n) is 15.9. The van der Waals surface area contributed by atoms with Crippen molar-refractivity contribution in [3.05, 3.63) is 77.4 Å². The predicted molar refractivity (Wildman–Crippen MR) is 103 cm³/mol. The lowest BCUT2D eigenvalue weighted by Gasteiger charge is -2.27. The first-order valence-electron chi connectivity index (χ1n) is 9.49. The highest BCUT2D eigenvalue weighted by atomic mass is 19.2. The third kappa shape index (κ3) is 5.26. The van der Waals surface area contributed by atoms with E-state index in [1.54, 1.807) is 19.2 Å². The molecule has 1 aliphatic carbocycles. The fraction of sp³-hybridized carbons (Fsp3) is 0.348. The van der Waals surface area contributed by atoms with Crippen molar-refractivity contribution < 1.29 is 23.0 Å². The second-order valence-electron chi connectivity index (χ2n) is 7.08.